The Morgan fingerprint density at radius 3 is 2.17 bits per heavy atom. The Morgan fingerprint density at radius 2 is 1.72 bits per heavy atom. The lowest BCUT2D eigenvalue weighted by molar-refractivity contribution is -0.147. The van der Waals surface area contributed by atoms with E-state index in [0.717, 1.165) is 12.8 Å². The number of carbonyl (C=O) groups excluding carboxylic acids is 1. The van der Waals surface area contributed by atoms with E-state index in [0.29, 0.717) is 12.8 Å². The zero-order valence-corrected chi connectivity index (χ0v) is 9.96. The highest BCUT2D eigenvalue weighted by molar-refractivity contribution is 5.87. The summed E-state index contributed by atoms with van der Waals surface area (Å²) in [6.45, 7) is 0. The number of carboxylic acids is 2. The Hall–Kier alpha value is -1.63. The van der Waals surface area contributed by atoms with Gasteiger partial charge in [-0.25, -0.2) is 4.79 Å². The van der Waals surface area contributed by atoms with E-state index in [-0.39, 0.29) is 12.0 Å². The average molecular weight is 258 g/mol. The normalized spacial score (nSPS) is 25.2. The summed E-state index contributed by atoms with van der Waals surface area (Å²) >= 11 is 0. The number of hydrogen-bond donors (Lipinski definition) is 4. The Balaban J connectivity index is 2.50. The first-order valence-corrected chi connectivity index (χ1v) is 5.90. The maximum atomic E-state index is 11.8. The van der Waals surface area contributed by atoms with Crippen LogP contribution < -0.4 is 11.1 Å². The van der Waals surface area contributed by atoms with Crippen LogP contribution in [0.15, 0.2) is 0 Å². The largest absolute Gasteiger partial charge is 0.481 e. The third-order valence-corrected chi connectivity index (χ3v) is 3.14. The lowest BCUT2D eigenvalue weighted by Crippen LogP contribution is -2.46. The summed E-state index contributed by atoms with van der Waals surface area (Å²) in [6, 6.07) is -1.27. The van der Waals surface area contributed by atoms with Crippen molar-refractivity contribution in [2.75, 3.05) is 0 Å². The van der Waals surface area contributed by atoms with Crippen molar-refractivity contribution in [2.24, 2.45) is 11.7 Å². The topological polar surface area (TPSA) is 130 Å². The van der Waals surface area contributed by atoms with Crippen LogP contribution in [0.3, 0.4) is 0 Å². The summed E-state index contributed by atoms with van der Waals surface area (Å²) in [7, 11) is 0. The van der Waals surface area contributed by atoms with Gasteiger partial charge in [-0.2, -0.15) is 0 Å². The SMILES string of the molecule is NC1CCC(C(=O)NC(CC(=O)O)C(=O)O)CC1. The Bertz CT molecular complexity index is 336. The lowest BCUT2D eigenvalue weighted by Gasteiger charge is -2.26. The summed E-state index contributed by atoms with van der Waals surface area (Å²) in [5.74, 6) is -3.25. The second kappa shape index (κ2) is 6.34. The molecule has 7 nitrogen and oxygen atoms in total. The number of carboxylic acid groups (broad SMARTS) is 2. The highest BCUT2D eigenvalue weighted by Crippen LogP contribution is 2.23. The molecule has 0 radical (unpaired) electrons. The third kappa shape index (κ3) is 4.33. The maximum Gasteiger partial charge on any atom is 0.326 e. The first-order valence-electron chi connectivity index (χ1n) is 5.90. The van der Waals surface area contributed by atoms with Gasteiger partial charge in [-0.1, -0.05) is 0 Å². The van der Waals surface area contributed by atoms with Gasteiger partial charge in [0, 0.05) is 12.0 Å². The van der Waals surface area contributed by atoms with E-state index in [9.17, 15) is 14.4 Å². The highest BCUT2D eigenvalue weighted by atomic mass is 16.4. The molecule has 0 spiro atoms. The molecule has 1 unspecified atom stereocenters. The lowest BCUT2D eigenvalue weighted by atomic mass is 9.86. The second-order valence-corrected chi connectivity index (χ2v) is 4.61. The number of nitrogens with one attached hydrogen (secondary N) is 1. The van der Waals surface area contributed by atoms with Gasteiger partial charge in [-0.15, -0.1) is 0 Å². The fraction of sp³-hybridized carbons (Fsp3) is 0.727. The molecule has 1 aliphatic carbocycles. The van der Waals surface area contributed by atoms with Crippen molar-refractivity contribution in [3.05, 3.63) is 0 Å². The third-order valence-electron chi connectivity index (χ3n) is 3.14. The highest BCUT2D eigenvalue weighted by Gasteiger charge is 2.29. The van der Waals surface area contributed by atoms with Gasteiger partial charge in [0.1, 0.15) is 6.04 Å². The van der Waals surface area contributed by atoms with Crippen molar-refractivity contribution < 1.29 is 24.6 Å². The van der Waals surface area contributed by atoms with Crippen molar-refractivity contribution in [3.63, 3.8) is 0 Å². The van der Waals surface area contributed by atoms with Gasteiger partial charge < -0.3 is 21.3 Å². The van der Waals surface area contributed by atoms with E-state index < -0.39 is 30.3 Å². The predicted octanol–water partition coefficient (Wildman–Crippen LogP) is -0.452. The molecule has 0 aromatic carbocycles. The van der Waals surface area contributed by atoms with Crippen LogP contribution in [0.25, 0.3) is 0 Å². The minimum Gasteiger partial charge on any atom is -0.481 e. The zero-order valence-electron chi connectivity index (χ0n) is 9.96. The van der Waals surface area contributed by atoms with Crippen LogP contribution >= 0.6 is 0 Å². The molecule has 1 fully saturated rings. The molecule has 1 aliphatic rings. The summed E-state index contributed by atoms with van der Waals surface area (Å²) in [5.41, 5.74) is 5.71. The van der Waals surface area contributed by atoms with Crippen molar-refractivity contribution in [2.45, 2.75) is 44.2 Å². The number of rotatable bonds is 5. The van der Waals surface area contributed by atoms with Crippen LogP contribution in [0.2, 0.25) is 0 Å². The molecule has 7 heteroatoms. The molecule has 0 heterocycles. The molecular weight excluding hydrogens is 240 g/mol. The van der Waals surface area contributed by atoms with Crippen LogP contribution in [0, 0.1) is 5.92 Å². The van der Waals surface area contributed by atoms with E-state index in [1.165, 1.54) is 0 Å². The van der Waals surface area contributed by atoms with Crippen molar-refractivity contribution in [3.8, 4) is 0 Å². The monoisotopic (exact) mass is 258 g/mol. The van der Waals surface area contributed by atoms with Crippen LogP contribution in [0.5, 0.6) is 0 Å². The molecule has 102 valence electrons. The molecule has 1 rings (SSSR count). The number of amides is 1. The molecule has 0 aromatic rings. The van der Waals surface area contributed by atoms with Crippen molar-refractivity contribution in [1.82, 2.24) is 5.32 Å². The molecule has 0 saturated heterocycles. The first kappa shape index (κ1) is 14.4. The minimum absolute atomic E-state index is 0.100. The van der Waals surface area contributed by atoms with E-state index in [4.69, 9.17) is 15.9 Å². The smallest absolute Gasteiger partial charge is 0.326 e. The van der Waals surface area contributed by atoms with E-state index in [1.54, 1.807) is 0 Å². The summed E-state index contributed by atoms with van der Waals surface area (Å²) in [6.07, 6.45) is 2.08. The molecule has 1 atom stereocenters. The van der Waals surface area contributed by atoms with E-state index >= 15 is 0 Å². The Labute approximate surface area is 104 Å². The summed E-state index contributed by atoms with van der Waals surface area (Å²) in [4.78, 5) is 33.1. The van der Waals surface area contributed by atoms with Crippen LogP contribution in [0.4, 0.5) is 0 Å². The second-order valence-electron chi connectivity index (χ2n) is 4.61. The van der Waals surface area contributed by atoms with E-state index in [2.05, 4.69) is 5.32 Å². The summed E-state index contributed by atoms with van der Waals surface area (Å²) in [5, 5.41) is 19.6. The fourth-order valence-electron chi connectivity index (χ4n) is 2.05. The van der Waals surface area contributed by atoms with Crippen molar-refractivity contribution in [1.29, 1.82) is 0 Å². The molecule has 0 aromatic heterocycles. The number of hydrogen-bond acceptors (Lipinski definition) is 4. The zero-order chi connectivity index (χ0) is 13.7. The van der Waals surface area contributed by atoms with Crippen LogP contribution in [-0.2, 0) is 14.4 Å². The number of carbonyl (C=O) groups is 3. The quantitative estimate of drug-likeness (QED) is 0.528. The molecule has 5 N–H and O–H groups in total. The van der Waals surface area contributed by atoms with Gasteiger partial charge >= 0.3 is 11.9 Å². The molecule has 0 bridgehead atoms. The Morgan fingerprint density at radius 1 is 1.17 bits per heavy atom. The molecular formula is C11H18N2O5. The first-order chi connectivity index (χ1) is 8.40. The van der Waals surface area contributed by atoms with Gasteiger partial charge in [-0.05, 0) is 25.7 Å². The van der Waals surface area contributed by atoms with Gasteiger partial charge in [0.05, 0.1) is 6.42 Å². The summed E-state index contributed by atoms with van der Waals surface area (Å²) < 4.78 is 0. The maximum absolute atomic E-state index is 11.8. The van der Waals surface area contributed by atoms with E-state index in [1.807, 2.05) is 0 Å². The molecule has 18 heavy (non-hydrogen) atoms. The fourth-order valence-corrected chi connectivity index (χ4v) is 2.05. The predicted molar refractivity (Wildman–Crippen MR) is 61.8 cm³/mol. The molecule has 0 aliphatic heterocycles. The average Bonchev–Trinajstić information content (AvgIpc) is 2.28. The number of nitrogens with two attached hydrogens (primary N) is 1. The minimum atomic E-state index is -1.37. The van der Waals surface area contributed by atoms with Gasteiger partial charge in [0.2, 0.25) is 5.91 Å². The molecule has 1 amide bonds. The standard InChI is InChI=1S/C11H18N2O5/c12-7-3-1-6(2-4-7)10(16)13-8(11(17)18)5-9(14)15/h6-8H,1-5,12H2,(H,13,16)(H,14,15)(H,17,18). The van der Waals surface area contributed by atoms with Gasteiger partial charge in [0.15, 0.2) is 0 Å². The van der Waals surface area contributed by atoms with Crippen molar-refractivity contribution >= 4 is 17.8 Å². The van der Waals surface area contributed by atoms with Gasteiger partial charge in [0.25, 0.3) is 0 Å². The molecule has 1 saturated carbocycles. The number of aliphatic carboxylic acids is 2. The van der Waals surface area contributed by atoms with Crippen LogP contribution in [-0.4, -0.2) is 40.1 Å². The Kier molecular flexibility index (Phi) is 5.08. The van der Waals surface area contributed by atoms with Gasteiger partial charge in [-0.3, -0.25) is 9.59 Å². The van der Waals surface area contributed by atoms with Crippen LogP contribution in [0.1, 0.15) is 32.1 Å².